The third-order valence-electron chi connectivity index (χ3n) is 2.66. The van der Waals surface area contributed by atoms with Crippen molar-refractivity contribution in [3.05, 3.63) is 0 Å². The molecule has 0 rings (SSSR count). The molecule has 0 aliphatic carbocycles. The van der Waals surface area contributed by atoms with Gasteiger partial charge in [0.1, 0.15) is 9.84 Å². The molecule has 0 aromatic heterocycles. The number of nitrogens with one attached hydrogen (secondary N) is 2. The maximum atomic E-state index is 11.8. The molecule has 17 heavy (non-hydrogen) atoms. The number of carbonyl (C=O) groups excluding carboxylic acids is 1. The van der Waals surface area contributed by atoms with E-state index in [1.807, 2.05) is 20.8 Å². The van der Waals surface area contributed by atoms with Crippen molar-refractivity contribution < 1.29 is 13.2 Å². The maximum absolute atomic E-state index is 11.8. The van der Waals surface area contributed by atoms with Gasteiger partial charge in [0.05, 0.1) is 11.8 Å². The van der Waals surface area contributed by atoms with Crippen LogP contribution in [0.3, 0.4) is 0 Å². The molecule has 0 heterocycles. The topological polar surface area (TPSA) is 75.3 Å². The molecule has 1 atom stereocenters. The van der Waals surface area contributed by atoms with Gasteiger partial charge in [-0.15, -0.1) is 0 Å². The van der Waals surface area contributed by atoms with Crippen LogP contribution < -0.4 is 10.6 Å². The molecule has 1 amide bonds. The Morgan fingerprint density at radius 3 is 2.29 bits per heavy atom. The first kappa shape index (κ1) is 16.4. The Labute approximate surface area is 104 Å². The molecule has 0 spiro atoms. The number of hydrogen-bond acceptors (Lipinski definition) is 4. The van der Waals surface area contributed by atoms with Crippen LogP contribution in [0.1, 0.15) is 34.1 Å². The van der Waals surface area contributed by atoms with E-state index in [4.69, 9.17) is 0 Å². The zero-order chi connectivity index (χ0) is 13.7. The summed E-state index contributed by atoms with van der Waals surface area (Å²) in [5.41, 5.74) is -0.232. The van der Waals surface area contributed by atoms with Gasteiger partial charge < -0.3 is 10.6 Å². The van der Waals surface area contributed by atoms with Crippen molar-refractivity contribution in [1.82, 2.24) is 10.6 Å². The van der Waals surface area contributed by atoms with Gasteiger partial charge in [-0.3, -0.25) is 4.79 Å². The van der Waals surface area contributed by atoms with Gasteiger partial charge in [0.25, 0.3) is 0 Å². The van der Waals surface area contributed by atoms with Gasteiger partial charge in [-0.2, -0.15) is 0 Å². The second-order valence-corrected chi connectivity index (χ2v) is 7.29. The van der Waals surface area contributed by atoms with Gasteiger partial charge in [0.2, 0.25) is 5.91 Å². The summed E-state index contributed by atoms with van der Waals surface area (Å²) in [6, 6.07) is -0.387. The molecular formula is C11H24N2O3S. The van der Waals surface area contributed by atoms with Gasteiger partial charge in [-0.05, 0) is 27.2 Å². The van der Waals surface area contributed by atoms with Crippen LogP contribution in [-0.4, -0.2) is 44.5 Å². The highest BCUT2D eigenvalue weighted by Gasteiger charge is 2.21. The van der Waals surface area contributed by atoms with Gasteiger partial charge in [-0.1, -0.05) is 6.92 Å². The zero-order valence-electron chi connectivity index (χ0n) is 11.3. The first-order valence-electron chi connectivity index (χ1n) is 5.80. The zero-order valence-corrected chi connectivity index (χ0v) is 12.1. The summed E-state index contributed by atoms with van der Waals surface area (Å²) in [4.78, 5) is 11.8. The van der Waals surface area contributed by atoms with Gasteiger partial charge >= 0.3 is 0 Å². The third-order valence-corrected chi connectivity index (χ3v) is 3.61. The molecule has 2 N–H and O–H groups in total. The summed E-state index contributed by atoms with van der Waals surface area (Å²) in [5.74, 6) is -0.0627. The van der Waals surface area contributed by atoms with Crippen molar-refractivity contribution in [3.63, 3.8) is 0 Å². The van der Waals surface area contributed by atoms with Crippen molar-refractivity contribution in [2.24, 2.45) is 0 Å². The first-order valence-corrected chi connectivity index (χ1v) is 7.86. The SMILES string of the molecule is CCC(C)(C)NC(=O)C(C)NCCS(C)(=O)=O. The lowest BCUT2D eigenvalue weighted by molar-refractivity contribution is -0.124. The standard InChI is InChI=1S/C11H24N2O3S/c1-6-11(3,4)13-10(14)9(2)12-7-8-17(5,15)16/h9,12H,6-8H2,1-5H3,(H,13,14). The quantitative estimate of drug-likeness (QED) is 0.694. The molecule has 5 nitrogen and oxygen atoms in total. The molecule has 0 fully saturated rings. The van der Waals surface area contributed by atoms with Gasteiger partial charge in [-0.25, -0.2) is 8.42 Å². The molecule has 0 bridgehead atoms. The van der Waals surface area contributed by atoms with E-state index in [1.54, 1.807) is 6.92 Å². The fourth-order valence-electron chi connectivity index (χ4n) is 1.08. The van der Waals surface area contributed by atoms with E-state index in [0.717, 1.165) is 6.42 Å². The molecule has 0 radical (unpaired) electrons. The number of carbonyl (C=O) groups is 1. The molecule has 0 saturated heterocycles. The summed E-state index contributed by atoms with van der Waals surface area (Å²) < 4.78 is 21.8. The molecule has 0 aromatic carbocycles. The molecule has 6 heteroatoms. The number of sulfone groups is 1. The van der Waals surface area contributed by atoms with Crippen LogP contribution in [0.5, 0.6) is 0 Å². The first-order chi connectivity index (χ1) is 7.57. The second kappa shape index (κ2) is 6.35. The summed E-state index contributed by atoms with van der Waals surface area (Å²) in [6.07, 6.45) is 2.02. The number of amides is 1. The lowest BCUT2D eigenvalue weighted by atomic mass is 10.0. The second-order valence-electron chi connectivity index (χ2n) is 5.03. The highest BCUT2D eigenvalue weighted by atomic mass is 32.2. The van der Waals surface area contributed by atoms with Crippen LogP contribution in [0.25, 0.3) is 0 Å². The maximum Gasteiger partial charge on any atom is 0.237 e. The lowest BCUT2D eigenvalue weighted by Crippen LogP contribution is -2.51. The fourth-order valence-corrected chi connectivity index (χ4v) is 1.57. The van der Waals surface area contributed by atoms with Crippen LogP contribution in [0, 0.1) is 0 Å². The average molecular weight is 264 g/mol. The Kier molecular flexibility index (Phi) is 6.12. The van der Waals surface area contributed by atoms with Crippen molar-refractivity contribution >= 4 is 15.7 Å². The molecule has 0 aliphatic rings. The minimum Gasteiger partial charge on any atom is -0.350 e. The predicted molar refractivity (Wildman–Crippen MR) is 69.7 cm³/mol. The highest BCUT2D eigenvalue weighted by molar-refractivity contribution is 7.90. The van der Waals surface area contributed by atoms with Crippen LogP contribution >= 0.6 is 0 Å². The highest BCUT2D eigenvalue weighted by Crippen LogP contribution is 2.06. The largest absolute Gasteiger partial charge is 0.350 e. The Morgan fingerprint density at radius 2 is 1.88 bits per heavy atom. The summed E-state index contributed by atoms with van der Waals surface area (Å²) in [6.45, 7) is 7.92. The molecule has 0 aliphatic heterocycles. The Hall–Kier alpha value is -0.620. The van der Waals surface area contributed by atoms with Crippen molar-refractivity contribution in [3.8, 4) is 0 Å². The van der Waals surface area contributed by atoms with E-state index in [9.17, 15) is 13.2 Å². The molecule has 0 saturated carbocycles. The average Bonchev–Trinajstić information content (AvgIpc) is 2.15. The van der Waals surface area contributed by atoms with E-state index in [0.29, 0.717) is 6.54 Å². The van der Waals surface area contributed by atoms with E-state index in [-0.39, 0.29) is 23.2 Å². The smallest absolute Gasteiger partial charge is 0.237 e. The fraction of sp³-hybridized carbons (Fsp3) is 0.909. The Morgan fingerprint density at radius 1 is 1.35 bits per heavy atom. The van der Waals surface area contributed by atoms with Gasteiger partial charge in [0.15, 0.2) is 0 Å². The van der Waals surface area contributed by atoms with E-state index >= 15 is 0 Å². The Balaban J connectivity index is 4.07. The third kappa shape index (κ3) is 8.15. The van der Waals surface area contributed by atoms with Crippen LogP contribution in [-0.2, 0) is 14.6 Å². The minimum atomic E-state index is -2.98. The normalized spacial score (nSPS) is 14.4. The van der Waals surface area contributed by atoms with E-state index in [2.05, 4.69) is 10.6 Å². The van der Waals surface area contributed by atoms with E-state index < -0.39 is 9.84 Å². The summed E-state index contributed by atoms with van der Waals surface area (Å²) >= 11 is 0. The molecule has 1 unspecified atom stereocenters. The summed E-state index contributed by atoms with van der Waals surface area (Å²) in [7, 11) is -2.98. The number of rotatable bonds is 7. The predicted octanol–water partition coefficient (Wildman–Crippen LogP) is 0.314. The number of hydrogen-bond donors (Lipinski definition) is 2. The molecule has 0 aromatic rings. The van der Waals surface area contributed by atoms with Crippen LogP contribution in [0.15, 0.2) is 0 Å². The lowest BCUT2D eigenvalue weighted by Gasteiger charge is -2.26. The molecular weight excluding hydrogens is 240 g/mol. The van der Waals surface area contributed by atoms with Gasteiger partial charge in [0, 0.05) is 18.3 Å². The summed E-state index contributed by atoms with van der Waals surface area (Å²) in [5, 5.41) is 5.80. The minimum absolute atomic E-state index is 0.0434. The van der Waals surface area contributed by atoms with Crippen molar-refractivity contribution in [2.75, 3.05) is 18.6 Å². The molecule has 102 valence electrons. The van der Waals surface area contributed by atoms with Crippen molar-refractivity contribution in [1.29, 1.82) is 0 Å². The van der Waals surface area contributed by atoms with Crippen LogP contribution in [0.4, 0.5) is 0 Å². The van der Waals surface area contributed by atoms with E-state index in [1.165, 1.54) is 6.26 Å². The Bertz CT molecular complexity index is 350. The van der Waals surface area contributed by atoms with Crippen molar-refractivity contribution in [2.45, 2.75) is 45.7 Å². The van der Waals surface area contributed by atoms with Crippen LogP contribution in [0.2, 0.25) is 0 Å². The monoisotopic (exact) mass is 264 g/mol.